The molecule has 0 bridgehead atoms. The van der Waals surface area contributed by atoms with Crippen LogP contribution in [0.15, 0.2) is 34.9 Å². The van der Waals surface area contributed by atoms with Crippen LogP contribution in [0.5, 0.6) is 11.6 Å². The van der Waals surface area contributed by atoms with E-state index in [-0.39, 0.29) is 10.9 Å². The molecule has 0 N–H and O–H groups in total. The summed E-state index contributed by atoms with van der Waals surface area (Å²) in [6, 6.07) is 6.16. The summed E-state index contributed by atoms with van der Waals surface area (Å²) >= 11 is 14.7. The minimum atomic E-state index is -0.557. The Hall–Kier alpha value is -0.840. The van der Waals surface area contributed by atoms with E-state index in [4.69, 9.17) is 27.9 Å². The van der Waals surface area contributed by atoms with Gasteiger partial charge in [0.15, 0.2) is 0 Å². The average molecular weight is 351 g/mol. The van der Waals surface area contributed by atoms with Gasteiger partial charge in [-0.3, -0.25) is 0 Å². The molecule has 0 saturated carbocycles. The van der Waals surface area contributed by atoms with Crippen molar-refractivity contribution in [1.82, 2.24) is 4.98 Å². The van der Waals surface area contributed by atoms with Gasteiger partial charge in [-0.1, -0.05) is 17.7 Å². The van der Waals surface area contributed by atoms with E-state index in [9.17, 15) is 4.39 Å². The summed E-state index contributed by atoms with van der Waals surface area (Å²) < 4.78 is 19.4. The second-order valence-corrected chi connectivity index (χ2v) is 4.93. The van der Waals surface area contributed by atoms with Crippen molar-refractivity contribution in [2.24, 2.45) is 0 Å². The zero-order chi connectivity index (χ0) is 13.1. The first-order valence-electron chi connectivity index (χ1n) is 4.94. The number of aromatic nitrogens is 1. The molecule has 2 rings (SSSR count). The molecular weight excluding hydrogens is 344 g/mol. The van der Waals surface area contributed by atoms with Crippen molar-refractivity contribution in [3.8, 4) is 11.6 Å². The number of hydrogen-bond acceptors (Lipinski definition) is 2. The topological polar surface area (TPSA) is 22.1 Å². The van der Waals surface area contributed by atoms with Gasteiger partial charge in [0.1, 0.15) is 11.6 Å². The molecule has 18 heavy (non-hydrogen) atoms. The monoisotopic (exact) mass is 349 g/mol. The Kier molecular flexibility index (Phi) is 4.43. The maximum absolute atomic E-state index is 13.4. The van der Waals surface area contributed by atoms with Crippen LogP contribution in [0, 0.1) is 5.82 Å². The summed E-state index contributed by atoms with van der Waals surface area (Å²) in [5.74, 6) is 0.340. The summed E-state index contributed by atoms with van der Waals surface area (Å²) in [4.78, 5) is 4.06. The van der Waals surface area contributed by atoms with Crippen molar-refractivity contribution in [2.45, 2.75) is 5.88 Å². The lowest BCUT2D eigenvalue weighted by Gasteiger charge is -2.10. The van der Waals surface area contributed by atoms with E-state index in [1.165, 1.54) is 12.1 Å². The molecule has 0 aliphatic heterocycles. The Morgan fingerprint density at radius 3 is 2.89 bits per heavy atom. The number of alkyl halides is 1. The lowest BCUT2D eigenvalue weighted by molar-refractivity contribution is 0.451. The number of pyridine rings is 1. The van der Waals surface area contributed by atoms with E-state index in [0.717, 1.165) is 5.56 Å². The van der Waals surface area contributed by atoms with Gasteiger partial charge in [0.05, 0.1) is 15.4 Å². The fourth-order valence-electron chi connectivity index (χ4n) is 1.30. The van der Waals surface area contributed by atoms with Crippen molar-refractivity contribution in [3.05, 3.63) is 51.3 Å². The zero-order valence-corrected chi connectivity index (χ0v) is 12.1. The highest BCUT2D eigenvalue weighted by Gasteiger charge is 2.11. The molecule has 0 saturated heterocycles. The van der Waals surface area contributed by atoms with Crippen LogP contribution in [0.1, 0.15) is 5.56 Å². The molecule has 0 atom stereocenters. The van der Waals surface area contributed by atoms with Crippen LogP contribution in [-0.2, 0) is 5.88 Å². The van der Waals surface area contributed by atoms with Crippen LogP contribution in [0.25, 0.3) is 0 Å². The van der Waals surface area contributed by atoms with E-state index in [1.807, 2.05) is 0 Å². The highest BCUT2D eigenvalue weighted by molar-refractivity contribution is 9.10. The molecule has 2 aromatic rings. The van der Waals surface area contributed by atoms with E-state index in [2.05, 4.69) is 20.9 Å². The smallest absolute Gasteiger partial charge is 0.223 e. The van der Waals surface area contributed by atoms with Crippen molar-refractivity contribution in [1.29, 1.82) is 0 Å². The summed E-state index contributed by atoms with van der Waals surface area (Å²) in [6.45, 7) is 0. The molecule has 2 nitrogen and oxygen atoms in total. The highest BCUT2D eigenvalue weighted by Crippen LogP contribution is 2.34. The molecule has 0 aliphatic rings. The Morgan fingerprint density at radius 2 is 2.17 bits per heavy atom. The molecule has 1 heterocycles. The molecule has 1 aromatic carbocycles. The Bertz CT molecular complexity index is 580. The fraction of sp³-hybridized carbons (Fsp3) is 0.0833. The van der Waals surface area contributed by atoms with Crippen LogP contribution in [0.3, 0.4) is 0 Å². The summed E-state index contributed by atoms with van der Waals surface area (Å²) in [5.41, 5.74) is 0.724. The third-order valence-corrected chi connectivity index (χ3v) is 3.37. The largest absolute Gasteiger partial charge is 0.437 e. The van der Waals surface area contributed by atoms with Gasteiger partial charge in [-0.2, -0.15) is 0 Å². The number of ether oxygens (including phenoxy) is 1. The predicted molar refractivity (Wildman–Crippen MR) is 73.0 cm³/mol. The van der Waals surface area contributed by atoms with Gasteiger partial charge >= 0.3 is 0 Å². The van der Waals surface area contributed by atoms with Crippen LogP contribution in [-0.4, -0.2) is 4.98 Å². The van der Waals surface area contributed by atoms with E-state index < -0.39 is 5.82 Å². The third-order valence-electron chi connectivity index (χ3n) is 2.18. The fourth-order valence-corrected chi connectivity index (χ4v) is 2.23. The maximum Gasteiger partial charge on any atom is 0.223 e. The summed E-state index contributed by atoms with van der Waals surface area (Å²) in [6.07, 6.45) is 1.57. The first kappa shape index (κ1) is 13.6. The van der Waals surface area contributed by atoms with Crippen LogP contribution in [0.4, 0.5) is 4.39 Å². The van der Waals surface area contributed by atoms with Gasteiger partial charge in [0, 0.05) is 17.8 Å². The van der Waals surface area contributed by atoms with Gasteiger partial charge in [-0.05, 0) is 28.1 Å². The SMILES string of the molecule is Fc1cc(Oc2ncccc2CCl)c(Br)cc1Cl. The molecule has 0 spiro atoms. The number of rotatable bonds is 3. The van der Waals surface area contributed by atoms with Crippen molar-refractivity contribution < 1.29 is 9.13 Å². The van der Waals surface area contributed by atoms with Gasteiger partial charge in [-0.15, -0.1) is 11.6 Å². The second-order valence-electron chi connectivity index (χ2n) is 3.40. The molecule has 0 aliphatic carbocycles. The van der Waals surface area contributed by atoms with Crippen LogP contribution >= 0.6 is 39.1 Å². The number of halogens is 4. The van der Waals surface area contributed by atoms with Crippen LogP contribution < -0.4 is 4.74 Å². The number of benzene rings is 1. The van der Waals surface area contributed by atoms with Crippen molar-refractivity contribution >= 4 is 39.1 Å². The van der Waals surface area contributed by atoms with E-state index >= 15 is 0 Å². The molecule has 0 unspecified atom stereocenters. The highest BCUT2D eigenvalue weighted by atomic mass is 79.9. The number of hydrogen-bond donors (Lipinski definition) is 0. The summed E-state index contributed by atoms with van der Waals surface area (Å²) in [7, 11) is 0. The van der Waals surface area contributed by atoms with Gasteiger partial charge in [-0.25, -0.2) is 9.37 Å². The standard InChI is InChI=1S/C12H7BrCl2FNO/c13-8-4-9(15)10(16)5-11(8)18-12-7(6-14)2-1-3-17-12/h1-5H,6H2. The lowest BCUT2D eigenvalue weighted by Crippen LogP contribution is -1.94. The minimum Gasteiger partial charge on any atom is -0.437 e. The molecule has 0 fully saturated rings. The van der Waals surface area contributed by atoms with E-state index in [0.29, 0.717) is 16.1 Å². The molecule has 94 valence electrons. The normalized spacial score (nSPS) is 10.4. The number of nitrogens with zero attached hydrogens (tertiary/aromatic N) is 1. The van der Waals surface area contributed by atoms with Crippen molar-refractivity contribution in [2.75, 3.05) is 0 Å². The zero-order valence-electron chi connectivity index (χ0n) is 8.96. The molecule has 0 radical (unpaired) electrons. The molecule has 1 aromatic heterocycles. The Morgan fingerprint density at radius 1 is 1.39 bits per heavy atom. The van der Waals surface area contributed by atoms with Crippen molar-refractivity contribution in [3.63, 3.8) is 0 Å². The third kappa shape index (κ3) is 2.94. The molecular formula is C12H7BrCl2FNO. The Labute approximate surface area is 122 Å². The van der Waals surface area contributed by atoms with Gasteiger partial charge in [0.25, 0.3) is 0 Å². The second kappa shape index (κ2) is 5.87. The lowest BCUT2D eigenvalue weighted by atomic mass is 10.3. The molecule has 6 heteroatoms. The predicted octanol–water partition coefficient (Wildman–Crippen LogP) is 5.17. The van der Waals surface area contributed by atoms with E-state index in [1.54, 1.807) is 18.3 Å². The van der Waals surface area contributed by atoms with Crippen LogP contribution in [0.2, 0.25) is 5.02 Å². The first-order chi connectivity index (χ1) is 8.61. The first-order valence-corrected chi connectivity index (χ1v) is 6.64. The Balaban J connectivity index is 2.37. The minimum absolute atomic E-state index is 0.0211. The maximum atomic E-state index is 13.4. The molecule has 0 amide bonds. The van der Waals surface area contributed by atoms with Gasteiger partial charge < -0.3 is 4.74 Å². The summed E-state index contributed by atoms with van der Waals surface area (Å²) in [5, 5.41) is 0.0211. The quantitative estimate of drug-likeness (QED) is 0.563. The average Bonchev–Trinajstić information content (AvgIpc) is 2.36. The van der Waals surface area contributed by atoms with Gasteiger partial charge in [0.2, 0.25) is 5.88 Å².